The SMILES string of the molecule is CCO[C@@H]1C[C@H]2C(=O)NC3(CC(C)(C)C3)C(=O)N(C)[C@@H](C3CCCC3)C(=O)N(C)[C@H](C(=O)N(C)CC)CC(=O)N(C)[C@@H](CC3CC3)C(=O)N[C@@H]([C@@H](C)CC)C(=O)N(C)CC(=O)N(C)[C@H]3C/C=C\CCN(C3=O)[C@@H](CC3CCC(C(F)(F)F)CC3)C(=O)N(C)CC(=O)N[C@@H](CCC3CC(F)C(C(F)(F)F)C(F)C3)C(=O)N2C1. The number of hydrogen-bond acceptors (Lipinski definition) is 13. The summed E-state index contributed by atoms with van der Waals surface area (Å²) < 4.78 is 122. The van der Waals surface area contributed by atoms with Crippen molar-refractivity contribution < 1.29 is 97.4 Å². The van der Waals surface area contributed by atoms with Gasteiger partial charge in [0.05, 0.1) is 31.5 Å². The number of carbonyl (C=O) groups is 12. The molecule has 0 aromatic heterocycles. The molecule has 7 fully saturated rings. The third-order valence-electron chi connectivity index (χ3n) is 25.2. The molecule has 33 heteroatoms. The van der Waals surface area contributed by atoms with Gasteiger partial charge in [-0.25, -0.2) is 8.78 Å². The molecule has 626 valence electrons. The lowest BCUT2D eigenvalue weighted by atomic mass is 9.58. The highest BCUT2D eigenvalue weighted by Gasteiger charge is 2.60. The second kappa shape index (κ2) is 37.4. The first-order chi connectivity index (χ1) is 52.0. The van der Waals surface area contributed by atoms with Gasteiger partial charge in [0.25, 0.3) is 0 Å². The molecule has 2 bridgehead atoms. The van der Waals surface area contributed by atoms with Crippen molar-refractivity contribution in [3.63, 3.8) is 0 Å². The maximum absolute atomic E-state index is 15.8. The summed E-state index contributed by atoms with van der Waals surface area (Å²) in [6.45, 7) is 8.86. The van der Waals surface area contributed by atoms with E-state index in [1.807, 2.05) is 13.8 Å². The average molecular weight is 1590 g/mol. The summed E-state index contributed by atoms with van der Waals surface area (Å²) in [6.07, 6.45) is -12.1. The number of likely N-dealkylation sites (N-methyl/N-ethyl adjacent to an activating group) is 7. The van der Waals surface area contributed by atoms with Crippen molar-refractivity contribution in [3.8, 4) is 0 Å². The molecule has 3 aliphatic heterocycles. The zero-order valence-corrected chi connectivity index (χ0v) is 66.9. The molecule has 0 aromatic carbocycles. The molecule has 8 rings (SSSR count). The van der Waals surface area contributed by atoms with Crippen molar-refractivity contribution in [1.29, 1.82) is 0 Å². The Labute approximate surface area is 647 Å². The maximum atomic E-state index is 15.8. The third-order valence-corrected chi connectivity index (χ3v) is 25.2. The topological polar surface area (TPSA) is 279 Å². The van der Waals surface area contributed by atoms with Crippen LogP contribution in [0.3, 0.4) is 0 Å². The van der Waals surface area contributed by atoms with Gasteiger partial charge in [0, 0.05) is 82.0 Å². The van der Waals surface area contributed by atoms with E-state index >= 15 is 42.3 Å². The van der Waals surface area contributed by atoms with E-state index in [0.717, 1.165) is 37.3 Å². The summed E-state index contributed by atoms with van der Waals surface area (Å²) in [6, 6.07) is -11.3. The van der Waals surface area contributed by atoms with Crippen molar-refractivity contribution in [1.82, 2.24) is 60.0 Å². The molecule has 3 N–H and O–H groups in total. The fourth-order valence-corrected chi connectivity index (χ4v) is 18.3. The number of amides is 12. The van der Waals surface area contributed by atoms with E-state index in [-0.39, 0.29) is 109 Å². The van der Waals surface area contributed by atoms with E-state index in [0.29, 0.717) is 32.1 Å². The van der Waals surface area contributed by atoms with Gasteiger partial charge >= 0.3 is 12.4 Å². The smallest absolute Gasteiger partial charge is 0.377 e. The average Bonchev–Trinajstić information content (AvgIpc) is 1.30. The number of alkyl halides is 8. The standard InChI is InChI=1S/C78H120F8N12O13/c1-14-45(4)64-72(108)92(9)42-62(101)93(10)55-24-18-17-21-33-97(71(55)107)59(37-47-27-30-50(31-28-47)77(81,82)83)70(106)91(8)41-60(99)87-54(32-29-48-34-52(79)63(53(80)35-48)78(84,85)86)68(104)98-40-51(111-16-3)38-57(98)67(103)89-76(43-75(5,6)44-76)74(110)96(13)65(49-22-19-20-23-49)73(109)95(12)58(69(105)90(7)15-2)39-61(100)94(11)56(66(102)88-64)36-46-25-26-46/h17-18,45-59,63-65H,14-16,19-44H2,1-13H3,(H,87,99)(H,88,102)(H,89,103)/b18-17-/t45-,47?,48?,50?,51+,52?,53?,54-,55-,56-,57-,58-,59-,63?,64-,65-/m0/s1. The molecule has 0 radical (unpaired) electrons. The first-order valence-electron chi connectivity index (χ1n) is 40.0. The van der Waals surface area contributed by atoms with Crippen LogP contribution in [0.25, 0.3) is 0 Å². The minimum Gasteiger partial charge on any atom is -0.377 e. The second-order valence-corrected chi connectivity index (χ2v) is 34.0. The van der Waals surface area contributed by atoms with Gasteiger partial charge in [0.15, 0.2) is 0 Å². The van der Waals surface area contributed by atoms with Crippen molar-refractivity contribution in [2.45, 2.75) is 274 Å². The van der Waals surface area contributed by atoms with E-state index in [9.17, 15) is 50.3 Å². The number of hydrogen-bond donors (Lipinski definition) is 3. The highest BCUT2D eigenvalue weighted by Crippen LogP contribution is 2.51. The van der Waals surface area contributed by atoms with Crippen LogP contribution < -0.4 is 16.0 Å². The third kappa shape index (κ3) is 21.6. The van der Waals surface area contributed by atoms with Crippen LogP contribution in [0.1, 0.15) is 189 Å². The quantitative estimate of drug-likeness (QED) is 0.115. The van der Waals surface area contributed by atoms with Crippen molar-refractivity contribution in [2.75, 3.05) is 88.7 Å². The predicted octanol–water partition coefficient (Wildman–Crippen LogP) is 7.13. The maximum Gasteiger partial charge on any atom is 0.397 e. The van der Waals surface area contributed by atoms with Gasteiger partial charge in [-0.1, -0.05) is 72.0 Å². The van der Waals surface area contributed by atoms with Crippen LogP contribution in [0.15, 0.2) is 12.2 Å². The molecule has 12 amide bonds. The highest BCUT2D eigenvalue weighted by atomic mass is 19.4. The zero-order chi connectivity index (χ0) is 82.3. The Bertz CT molecular complexity index is 3370. The van der Waals surface area contributed by atoms with Crippen LogP contribution in [0.2, 0.25) is 0 Å². The van der Waals surface area contributed by atoms with Gasteiger partial charge in [-0.3, -0.25) is 57.5 Å². The first-order valence-corrected chi connectivity index (χ1v) is 40.0. The molecular weight excluding hydrogens is 1460 g/mol. The van der Waals surface area contributed by atoms with Gasteiger partial charge in [-0.15, -0.1) is 0 Å². The lowest BCUT2D eigenvalue weighted by molar-refractivity contribution is -0.219. The van der Waals surface area contributed by atoms with E-state index < -0.39 is 235 Å². The molecule has 2 unspecified atom stereocenters. The van der Waals surface area contributed by atoms with Crippen LogP contribution >= 0.6 is 0 Å². The molecule has 12 atom stereocenters. The van der Waals surface area contributed by atoms with Crippen LogP contribution in [0.4, 0.5) is 35.1 Å². The van der Waals surface area contributed by atoms with Gasteiger partial charge in [-0.05, 0) is 152 Å². The molecule has 8 aliphatic rings. The Morgan fingerprint density at radius 3 is 1.78 bits per heavy atom. The van der Waals surface area contributed by atoms with Crippen LogP contribution in [0.5, 0.6) is 0 Å². The first kappa shape index (κ1) is 89.3. The normalized spacial score (nSPS) is 32.5. The van der Waals surface area contributed by atoms with Gasteiger partial charge in [0.2, 0.25) is 70.9 Å². The Morgan fingerprint density at radius 1 is 0.631 bits per heavy atom. The van der Waals surface area contributed by atoms with Crippen molar-refractivity contribution >= 4 is 70.9 Å². The predicted molar refractivity (Wildman–Crippen MR) is 393 cm³/mol. The molecule has 111 heavy (non-hydrogen) atoms. The van der Waals surface area contributed by atoms with E-state index in [1.165, 1.54) is 68.9 Å². The van der Waals surface area contributed by atoms with E-state index in [4.69, 9.17) is 4.74 Å². The fourth-order valence-electron chi connectivity index (χ4n) is 18.3. The van der Waals surface area contributed by atoms with Gasteiger partial charge < -0.3 is 64.8 Å². The summed E-state index contributed by atoms with van der Waals surface area (Å²) in [4.78, 5) is 193. The van der Waals surface area contributed by atoms with Gasteiger partial charge in [0.1, 0.15) is 72.1 Å². The number of rotatable bonds is 14. The van der Waals surface area contributed by atoms with Crippen LogP contribution in [-0.2, 0) is 62.3 Å². The molecule has 5 saturated carbocycles. The molecule has 5 aliphatic carbocycles. The summed E-state index contributed by atoms with van der Waals surface area (Å²) in [5.74, 6) is -16.7. The number of nitrogens with zero attached hydrogens (tertiary/aromatic N) is 9. The van der Waals surface area contributed by atoms with Crippen LogP contribution in [-0.4, -0.2) is 288 Å². The summed E-state index contributed by atoms with van der Waals surface area (Å²) >= 11 is 0. The molecule has 3 heterocycles. The molecule has 0 aromatic rings. The van der Waals surface area contributed by atoms with E-state index in [1.54, 1.807) is 39.8 Å². The number of ether oxygens (including phenoxy) is 1. The number of fused-ring (bicyclic) bond motifs is 3. The molecule has 1 spiro atoms. The fraction of sp³-hybridized carbons (Fsp3) is 0.821. The largest absolute Gasteiger partial charge is 0.397 e. The lowest BCUT2D eigenvalue weighted by Crippen LogP contribution is -2.71. The van der Waals surface area contributed by atoms with Crippen molar-refractivity contribution in [3.05, 3.63) is 12.2 Å². The number of halogens is 8. The van der Waals surface area contributed by atoms with Gasteiger partial charge in [-0.2, -0.15) is 26.3 Å². The molecule has 25 nitrogen and oxygen atoms in total. The summed E-state index contributed by atoms with van der Waals surface area (Å²) in [7, 11) is 9.60. The Kier molecular flexibility index (Phi) is 30.1. The Balaban J connectivity index is 1.22. The molecule has 2 saturated heterocycles. The van der Waals surface area contributed by atoms with E-state index in [2.05, 4.69) is 16.0 Å². The number of nitrogens with one attached hydrogen (secondary N) is 3. The highest BCUT2D eigenvalue weighted by molar-refractivity contribution is 6.01. The summed E-state index contributed by atoms with van der Waals surface area (Å²) in [5, 5.41) is 8.53. The Morgan fingerprint density at radius 2 is 1.23 bits per heavy atom. The lowest BCUT2D eigenvalue weighted by Gasteiger charge is -2.54. The summed E-state index contributed by atoms with van der Waals surface area (Å²) in [5.41, 5.74) is -2.36. The zero-order valence-electron chi connectivity index (χ0n) is 66.9. The minimum absolute atomic E-state index is 0.00162. The minimum atomic E-state index is -5.22. The molecular formula is C78H120F8N12O13. The second-order valence-electron chi connectivity index (χ2n) is 34.0. The Hall–Kier alpha value is -7.22. The van der Waals surface area contributed by atoms with Crippen LogP contribution in [0, 0.1) is 46.8 Å². The monoisotopic (exact) mass is 1580 g/mol. The van der Waals surface area contributed by atoms with Crippen molar-refractivity contribution in [2.24, 2.45) is 46.8 Å². The number of carbonyl (C=O) groups excluding carboxylic acids is 12.